The zero-order valence-electron chi connectivity index (χ0n) is 14.3. The first-order chi connectivity index (χ1) is 12.5. The quantitative estimate of drug-likeness (QED) is 0.867. The Bertz CT molecular complexity index is 802. The van der Waals surface area contributed by atoms with Gasteiger partial charge in [0.05, 0.1) is 0 Å². The van der Waals surface area contributed by atoms with E-state index in [-0.39, 0.29) is 24.9 Å². The van der Waals surface area contributed by atoms with E-state index in [1.807, 2.05) is 30.3 Å². The Hall–Kier alpha value is -3.15. The molecule has 1 aliphatic rings. The highest BCUT2D eigenvalue weighted by Crippen LogP contribution is 2.22. The molecule has 0 saturated carbocycles. The second kappa shape index (κ2) is 7.82. The summed E-state index contributed by atoms with van der Waals surface area (Å²) >= 11 is 0. The molecule has 0 aromatic heterocycles. The Morgan fingerprint density at radius 2 is 1.73 bits per heavy atom. The van der Waals surface area contributed by atoms with Crippen molar-refractivity contribution in [1.82, 2.24) is 4.90 Å². The largest absolute Gasteiger partial charge is 0.480 e. The van der Waals surface area contributed by atoms with Crippen molar-refractivity contribution in [1.29, 1.82) is 0 Å². The van der Waals surface area contributed by atoms with Crippen molar-refractivity contribution in [2.45, 2.75) is 19.4 Å². The summed E-state index contributed by atoms with van der Waals surface area (Å²) in [5.41, 5.74) is 2.02. The number of anilines is 1. The standard InChI is InChI=1S/C20H20N2O4/c23-18-7-4-12-22(18)17-10-8-16(9-11-17)20(26)21(14-19(24)25)13-15-5-2-1-3-6-15/h1-3,5-6,8-11H,4,7,12-14H2,(H,24,25). The zero-order chi connectivity index (χ0) is 18.5. The average Bonchev–Trinajstić information content (AvgIpc) is 3.07. The Kier molecular flexibility index (Phi) is 5.31. The number of amides is 2. The fraction of sp³-hybridized carbons (Fsp3) is 0.250. The van der Waals surface area contributed by atoms with Gasteiger partial charge in [-0.15, -0.1) is 0 Å². The van der Waals surface area contributed by atoms with Crippen molar-refractivity contribution >= 4 is 23.5 Å². The number of nitrogens with zero attached hydrogens (tertiary/aromatic N) is 2. The lowest BCUT2D eigenvalue weighted by atomic mass is 10.1. The van der Waals surface area contributed by atoms with Crippen LogP contribution in [0.5, 0.6) is 0 Å². The molecular formula is C20H20N2O4. The smallest absolute Gasteiger partial charge is 0.323 e. The summed E-state index contributed by atoms with van der Waals surface area (Å²) in [5, 5.41) is 9.14. The molecule has 3 rings (SSSR count). The van der Waals surface area contributed by atoms with E-state index in [2.05, 4.69) is 0 Å². The molecule has 0 bridgehead atoms. The van der Waals surface area contributed by atoms with E-state index in [1.165, 1.54) is 4.90 Å². The first-order valence-electron chi connectivity index (χ1n) is 8.50. The third-order valence-electron chi connectivity index (χ3n) is 4.33. The number of carboxylic acid groups (broad SMARTS) is 1. The highest BCUT2D eigenvalue weighted by molar-refractivity contribution is 5.98. The van der Waals surface area contributed by atoms with Gasteiger partial charge in [0.25, 0.3) is 5.91 Å². The first-order valence-corrected chi connectivity index (χ1v) is 8.50. The Balaban J connectivity index is 1.77. The molecule has 1 saturated heterocycles. The van der Waals surface area contributed by atoms with Crippen LogP contribution in [-0.4, -0.2) is 40.9 Å². The predicted octanol–water partition coefficient (Wildman–Crippen LogP) is 2.54. The molecule has 1 heterocycles. The van der Waals surface area contributed by atoms with E-state index in [0.29, 0.717) is 18.5 Å². The number of benzene rings is 2. The molecule has 2 amide bonds. The molecule has 2 aromatic carbocycles. The number of rotatable bonds is 6. The molecule has 6 heteroatoms. The SMILES string of the molecule is O=C(O)CN(Cc1ccccc1)C(=O)c1ccc(N2CCCC2=O)cc1. The highest BCUT2D eigenvalue weighted by atomic mass is 16.4. The molecule has 2 aromatic rings. The van der Waals surface area contributed by atoms with E-state index in [9.17, 15) is 14.4 Å². The molecule has 0 spiro atoms. The summed E-state index contributed by atoms with van der Waals surface area (Å²) in [5.74, 6) is -1.33. The van der Waals surface area contributed by atoms with Crippen LogP contribution in [0.25, 0.3) is 0 Å². The monoisotopic (exact) mass is 352 g/mol. The lowest BCUT2D eigenvalue weighted by Crippen LogP contribution is -2.35. The fourth-order valence-electron chi connectivity index (χ4n) is 3.05. The number of aliphatic carboxylic acids is 1. The van der Waals surface area contributed by atoms with Crippen molar-refractivity contribution in [3.8, 4) is 0 Å². The normalized spacial score (nSPS) is 13.7. The van der Waals surface area contributed by atoms with Gasteiger partial charge in [0.1, 0.15) is 6.54 Å². The lowest BCUT2D eigenvalue weighted by molar-refractivity contribution is -0.137. The van der Waals surface area contributed by atoms with Gasteiger partial charge >= 0.3 is 5.97 Å². The van der Waals surface area contributed by atoms with Gasteiger partial charge in [-0.1, -0.05) is 30.3 Å². The van der Waals surface area contributed by atoms with Crippen LogP contribution in [0, 0.1) is 0 Å². The second-order valence-electron chi connectivity index (χ2n) is 6.24. The van der Waals surface area contributed by atoms with Crippen LogP contribution < -0.4 is 4.90 Å². The van der Waals surface area contributed by atoms with Crippen LogP contribution in [0.3, 0.4) is 0 Å². The maximum atomic E-state index is 12.8. The van der Waals surface area contributed by atoms with E-state index in [0.717, 1.165) is 17.7 Å². The molecule has 0 atom stereocenters. The van der Waals surface area contributed by atoms with Crippen LogP contribution in [0.1, 0.15) is 28.8 Å². The summed E-state index contributed by atoms with van der Waals surface area (Å²) in [4.78, 5) is 38.7. The highest BCUT2D eigenvalue weighted by Gasteiger charge is 2.23. The van der Waals surface area contributed by atoms with Crippen LogP contribution in [0.2, 0.25) is 0 Å². The average molecular weight is 352 g/mol. The minimum atomic E-state index is -1.06. The van der Waals surface area contributed by atoms with Gasteiger partial charge in [0.2, 0.25) is 5.91 Å². The maximum absolute atomic E-state index is 12.8. The first kappa shape index (κ1) is 17.7. The molecule has 26 heavy (non-hydrogen) atoms. The molecule has 0 aliphatic carbocycles. The van der Waals surface area contributed by atoms with Crippen LogP contribution >= 0.6 is 0 Å². The number of hydrogen-bond donors (Lipinski definition) is 1. The Morgan fingerprint density at radius 1 is 1.04 bits per heavy atom. The maximum Gasteiger partial charge on any atom is 0.323 e. The summed E-state index contributed by atoms with van der Waals surface area (Å²) in [6.45, 7) is 0.531. The van der Waals surface area contributed by atoms with E-state index in [1.54, 1.807) is 29.2 Å². The van der Waals surface area contributed by atoms with Crippen LogP contribution in [-0.2, 0) is 16.1 Å². The lowest BCUT2D eigenvalue weighted by Gasteiger charge is -2.22. The number of carboxylic acids is 1. The van der Waals surface area contributed by atoms with Crippen LogP contribution in [0.15, 0.2) is 54.6 Å². The van der Waals surface area contributed by atoms with Crippen molar-refractivity contribution in [3.05, 3.63) is 65.7 Å². The number of carbonyl (C=O) groups is 3. The van der Waals surface area contributed by atoms with Crippen molar-refractivity contribution in [3.63, 3.8) is 0 Å². The van der Waals surface area contributed by atoms with Gasteiger partial charge in [-0.05, 0) is 36.2 Å². The summed E-state index contributed by atoms with van der Waals surface area (Å²) in [6, 6.07) is 16.0. The van der Waals surface area contributed by atoms with Gasteiger partial charge < -0.3 is 14.9 Å². The minimum absolute atomic E-state index is 0.0839. The summed E-state index contributed by atoms with van der Waals surface area (Å²) < 4.78 is 0. The molecule has 1 aliphatic heterocycles. The van der Waals surface area contributed by atoms with Gasteiger partial charge in [-0.25, -0.2) is 0 Å². The molecule has 6 nitrogen and oxygen atoms in total. The van der Waals surface area contributed by atoms with Gasteiger partial charge in [-0.2, -0.15) is 0 Å². The van der Waals surface area contributed by atoms with Crippen molar-refractivity contribution in [2.24, 2.45) is 0 Å². The molecular weight excluding hydrogens is 332 g/mol. The molecule has 0 radical (unpaired) electrons. The van der Waals surface area contributed by atoms with Gasteiger partial charge in [0, 0.05) is 30.8 Å². The number of carbonyl (C=O) groups excluding carboxylic acids is 2. The topological polar surface area (TPSA) is 77.9 Å². The summed E-state index contributed by atoms with van der Waals surface area (Å²) in [6.07, 6.45) is 1.38. The second-order valence-corrected chi connectivity index (χ2v) is 6.24. The Labute approximate surface area is 151 Å². The van der Waals surface area contributed by atoms with E-state index >= 15 is 0 Å². The minimum Gasteiger partial charge on any atom is -0.480 e. The van der Waals surface area contributed by atoms with E-state index < -0.39 is 5.97 Å². The van der Waals surface area contributed by atoms with Gasteiger partial charge in [0.15, 0.2) is 0 Å². The van der Waals surface area contributed by atoms with Crippen molar-refractivity contribution < 1.29 is 19.5 Å². The predicted molar refractivity (Wildman–Crippen MR) is 96.8 cm³/mol. The third-order valence-corrected chi connectivity index (χ3v) is 4.33. The summed E-state index contributed by atoms with van der Waals surface area (Å²) in [7, 11) is 0. The number of hydrogen-bond acceptors (Lipinski definition) is 3. The van der Waals surface area contributed by atoms with Crippen molar-refractivity contribution in [2.75, 3.05) is 18.0 Å². The third kappa shape index (κ3) is 4.08. The molecule has 1 N–H and O–H groups in total. The fourth-order valence-corrected chi connectivity index (χ4v) is 3.05. The molecule has 1 fully saturated rings. The van der Waals surface area contributed by atoms with Crippen LogP contribution in [0.4, 0.5) is 5.69 Å². The zero-order valence-corrected chi connectivity index (χ0v) is 14.3. The van der Waals surface area contributed by atoms with E-state index in [4.69, 9.17) is 5.11 Å². The molecule has 134 valence electrons. The Morgan fingerprint density at radius 3 is 2.31 bits per heavy atom. The van der Waals surface area contributed by atoms with Gasteiger partial charge in [-0.3, -0.25) is 14.4 Å². The molecule has 0 unspecified atom stereocenters.